The molecule has 0 saturated heterocycles. The van der Waals surface area contributed by atoms with Crippen LogP contribution in [0.4, 0.5) is 5.69 Å². The third-order valence-corrected chi connectivity index (χ3v) is 3.02. The van der Waals surface area contributed by atoms with Crippen LogP contribution in [-0.4, -0.2) is 29.1 Å². The molecule has 1 aromatic carbocycles. The summed E-state index contributed by atoms with van der Waals surface area (Å²) in [7, 11) is 0. The number of aryl methyl sites for hydroxylation is 1. The van der Waals surface area contributed by atoms with Gasteiger partial charge in [-0.2, -0.15) is 0 Å². The van der Waals surface area contributed by atoms with Crippen molar-refractivity contribution < 1.29 is 14.3 Å². The number of hydrogen-bond donors (Lipinski definition) is 1. The van der Waals surface area contributed by atoms with Crippen molar-refractivity contribution in [3.8, 4) is 11.5 Å². The van der Waals surface area contributed by atoms with Crippen molar-refractivity contribution in [2.45, 2.75) is 13.3 Å². The van der Waals surface area contributed by atoms with Crippen LogP contribution in [0.15, 0.2) is 30.6 Å². The maximum Gasteiger partial charge on any atom is 0.275 e. The first-order chi connectivity index (χ1) is 10.2. The maximum absolute atomic E-state index is 12.1. The van der Waals surface area contributed by atoms with E-state index in [1.807, 2.05) is 6.92 Å². The molecule has 0 saturated carbocycles. The quantitative estimate of drug-likeness (QED) is 0.915. The fourth-order valence-corrected chi connectivity index (χ4v) is 1.95. The molecule has 1 aliphatic rings. The summed E-state index contributed by atoms with van der Waals surface area (Å²) < 4.78 is 11.1. The number of rotatable bonds is 2. The lowest BCUT2D eigenvalue weighted by Crippen LogP contribution is -2.14. The highest BCUT2D eigenvalue weighted by atomic mass is 16.5. The van der Waals surface area contributed by atoms with Gasteiger partial charge in [-0.3, -0.25) is 9.78 Å². The summed E-state index contributed by atoms with van der Waals surface area (Å²) in [6, 6.07) is 5.31. The van der Waals surface area contributed by atoms with E-state index in [2.05, 4.69) is 15.3 Å². The van der Waals surface area contributed by atoms with Gasteiger partial charge in [0.25, 0.3) is 5.91 Å². The SMILES string of the molecule is Cc1cnc(C(=O)Nc2ccc3c(c2)OCCCO3)cn1. The number of benzene rings is 1. The van der Waals surface area contributed by atoms with Gasteiger partial charge >= 0.3 is 0 Å². The van der Waals surface area contributed by atoms with Gasteiger partial charge < -0.3 is 14.8 Å². The van der Waals surface area contributed by atoms with Crippen molar-refractivity contribution in [1.29, 1.82) is 0 Å². The number of amides is 1. The fourth-order valence-electron chi connectivity index (χ4n) is 1.95. The average Bonchev–Trinajstić information content (AvgIpc) is 2.72. The summed E-state index contributed by atoms with van der Waals surface area (Å²) in [4.78, 5) is 20.2. The zero-order valence-corrected chi connectivity index (χ0v) is 11.6. The number of nitrogens with one attached hydrogen (secondary N) is 1. The van der Waals surface area contributed by atoms with Gasteiger partial charge in [0, 0.05) is 24.4 Å². The second-order valence-electron chi connectivity index (χ2n) is 4.71. The first-order valence-corrected chi connectivity index (χ1v) is 6.72. The van der Waals surface area contributed by atoms with Crippen LogP contribution in [0.1, 0.15) is 22.6 Å². The first kappa shape index (κ1) is 13.4. The molecule has 108 valence electrons. The van der Waals surface area contributed by atoms with Crippen LogP contribution in [-0.2, 0) is 0 Å². The Kier molecular flexibility index (Phi) is 3.68. The van der Waals surface area contributed by atoms with Crippen molar-refractivity contribution in [1.82, 2.24) is 9.97 Å². The summed E-state index contributed by atoms with van der Waals surface area (Å²) >= 11 is 0. The Morgan fingerprint density at radius 3 is 2.71 bits per heavy atom. The minimum absolute atomic E-state index is 0.271. The summed E-state index contributed by atoms with van der Waals surface area (Å²) in [6.45, 7) is 3.06. The van der Waals surface area contributed by atoms with Crippen molar-refractivity contribution in [3.63, 3.8) is 0 Å². The van der Waals surface area contributed by atoms with Crippen molar-refractivity contribution in [3.05, 3.63) is 42.0 Å². The van der Waals surface area contributed by atoms with Gasteiger partial charge in [0.1, 0.15) is 5.69 Å². The predicted molar refractivity (Wildman–Crippen MR) is 76.8 cm³/mol. The van der Waals surface area contributed by atoms with E-state index in [1.54, 1.807) is 24.4 Å². The highest BCUT2D eigenvalue weighted by molar-refractivity contribution is 6.02. The zero-order valence-electron chi connectivity index (χ0n) is 11.6. The van der Waals surface area contributed by atoms with Crippen molar-refractivity contribution >= 4 is 11.6 Å². The average molecular weight is 285 g/mol. The molecule has 0 bridgehead atoms. The minimum atomic E-state index is -0.308. The van der Waals surface area contributed by atoms with Gasteiger partial charge in [0.15, 0.2) is 11.5 Å². The monoisotopic (exact) mass is 285 g/mol. The third-order valence-electron chi connectivity index (χ3n) is 3.02. The van der Waals surface area contributed by atoms with Gasteiger partial charge in [-0.05, 0) is 19.1 Å². The molecule has 0 atom stereocenters. The summed E-state index contributed by atoms with van der Waals surface area (Å²) in [5.41, 5.74) is 1.67. The van der Waals surface area contributed by atoms with Gasteiger partial charge in [0.05, 0.1) is 25.1 Å². The number of anilines is 1. The molecule has 2 heterocycles. The van der Waals surface area contributed by atoms with Crippen LogP contribution < -0.4 is 14.8 Å². The molecule has 2 aromatic rings. The van der Waals surface area contributed by atoms with Crippen LogP contribution in [0.5, 0.6) is 11.5 Å². The van der Waals surface area contributed by atoms with Crippen LogP contribution in [0.25, 0.3) is 0 Å². The molecule has 21 heavy (non-hydrogen) atoms. The van der Waals surface area contributed by atoms with Crippen molar-refractivity contribution in [2.24, 2.45) is 0 Å². The predicted octanol–water partition coefficient (Wildman–Crippen LogP) is 2.20. The molecule has 0 aliphatic carbocycles. The summed E-state index contributed by atoms with van der Waals surface area (Å²) in [6.07, 6.45) is 3.85. The maximum atomic E-state index is 12.1. The Labute approximate surface area is 122 Å². The third kappa shape index (κ3) is 3.10. The lowest BCUT2D eigenvalue weighted by molar-refractivity contribution is 0.102. The molecule has 1 aliphatic heterocycles. The van der Waals surface area contributed by atoms with Crippen LogP contribution in [0.3, 0.4) is 0 Å². The Morgan fingerprint density at radius 2 is 1.95 bits per heavy atom. The van der Waals surface area contributed by atoms with E-state index in [9.17, 15) is 4.79 Å². The molecule has 6 heteroatoms. The molecule has 1 amide bonds. The standard InChI is InChI=1S/C15H15N3O3/c1-10-8-17-12(9-16-10)15(19)18-11-3-4-13-14(7-11)21-6-2-5-20-13/h3-4,7-9H,2,5-6H2,1H3,(H,18,19). The molecular weight excluding hydrogens is 270 g/mol. The Bertz CT molecular complexity index is 656. The number of nitrogens with zero attached hydrogens (tertiary/aromatic N) is 2. The van der Waals surface area contributed by atoms with E-state index in [0.717, 1.165) is 12.1 Å². The highest BCUT2D eigenvalue weighted by Gasteiger charge is 2.13. The largest absolute Gasteiger partial charge is 0.490 e. The normalized spacial score (nSPS) is 13.4. The smallest absolute Gasteiger partial charge is 0.275 e. The Hall–Kier alpha value is -2.63. The van der Waals surface area contributed by atoms with Gasteiger partial charge in [-0.25, -0.2) is 4.98 Å². The second-order valence-corrected chi connectivity index (χ2v) is 4.71. The van der Waals surface area contributed by atoms with Crippen LogP contribution >= 0.6 is 0 Å². The minimum Gasteiger partial charge on any atom is -0.490 e. The highest BCUT2D eigenvalue weighted by Crippen LogP contribution is 2.32. The van der Waals surface area contributed by atoms with Crippen molar-refractivity contribution in [2.75, 3.05) is 18.5 Å². The summed E-state index contributed by atoms with van der Waals surface area (Å²) in [5.74, 6) is 1.03. The summed E-state index contributed by atoms with van der Waals surface area (Å²) in [5, 5.41) is 2.77. The first-order valence-electron chi connectivity index (χ1n) is 6.72. The number of carbonyl (C=O) groups excluding carboxylic acids is 1. The molecular formula is C15H15N3O3. The number of carbonyl (C=O) groups is 1. The Balaban J connectivity index is 1.77. The van der Waals surface area contributed by atoms with E-state index in [0.29, 0.717) is 30.4 Å². The lowest BCUT2D eigenvalue weighted by atomic mass is 10.2. The molecule has 1 aromatic heterocycles. The number of aromatic nitrogens is 2. The molecule has 0 spiro atoms. The second kappa shape index (κ2) is 5.78. The van der Waals surface area contributed by atoms with E-state index in [1.165, 1.54) is 6.20 Å². The molecule has 1 N–H and O–H groups in total. The molecule has 0 radical (unpaired) electrons. The molecule has 3 rings (SSSR count). The number of fused-ring (bicyclic) bond motifs is 1. The van der Waals surface area contributed by atoms with E-state index < -0.39 is 0 Å². The van der Waals surface area contributed by atoms with E-state index in [4.69, 9.17) is 9.47 Å². The molecule has 0 unspecified atom stereocenters. The lowest BCUT2D eigenvalue weighted by Gasteiger charge is -2.10. The fraction of sp³-hybridized carbons (Fsp3) is 0.267. The van der Waals surface area contributed by atoms with E-state index >= 15 is 0 Å². The van der Waals surface area contributed by atoms with Gasteiger partial charge in [-0.1, -0.05) is 0 Å². The van der Waals surface area contributed by atoms with Crippen LogP contribution in [0, 0.1) is 6.92 Å². The number of ether oxygens (including phenoxy) is 2. The van der Waals surface area contributed by atoms with Gasteiger partial charge in [0.2, 0.25) is 0 Å². The van der Waals surface area contributed by atoms with Gasteiger partial charge in [-0.15, -0.1) is 0 Å². The Morgan fingerprint density at radius 1 is 1.14 bits per heavy atom. The number of hydrogen-bond acceptors (Lipinski definition) is 5. The zero-order chi connectivity index (χ0) is 14.7. The van der Waals surface area contributed by atoms with Crippen LogP contribution in [0.2, 0.25) is 0 Å². The topological polar surface area (TPSA) is 73.3 Å². The molecule has 0 fully saturated rings. The van der Waals surface area contributed by atoms with E-state index in [-0.39, 0.29) is 11.6 Å². The molecule has 6 nitrogen and oxygen atoms in total.